The number of aliphatic hydroxyl groups excluding tert-OH is 1. The van der Waals surface area contributed by atoms with Crippen molar-refractivity contribution >= 4 is 0 Å². The second kappa shape index (κ2) is 6.26. The van der Waals surface area contributed by atoms with E-state index in [0.29, 0.717) is 23.5 Å². The molecule has 0 spiro atoms. The fourth-order valence-electron chi connectivity index (χ4n) is 2.39. The van der Waals surface area contributed by atoms with Crippen LogP contribution in [0.25, 0.3) is 11.3 Å². The van der Waals surface area contributed by atoms with Crippen molar-refractivity contribution in [2.45, 2.75) is 20.1 Å². The second-order valence-corrected chi connectivity index (χ2v) is 5.31. The summed E-state index contributed by atoms with van der Waals surface area (Å²) in [6, 6.07) is 11.5. The van der Waals surface area contributed by atoms with E-state index in [-0.39, 0.29) is 6.61 Å². The van der Waals surface area contributed by atoms with Crippen LogP contribution in [-0.4, -0.2) is 20.1 Å². The molecule has 6 heteroatoms. The Morgan fingerprint density at radius 1 is 1.04 bits per heavy atom. The Morgan fingerprint density at radius 2 is 1.78 bits per heavy atom. The third kappa shape index (κ3) is 3.12. The molecule has 0 radical (unpaired) electrons. The predicted octanol–water partition coefficient (Wildman–Crippen LogP) is 3.07. The topological polar surface area (TPSA) is 50.9 Å². The Hall–Kier alpha value is -2.60. The summed E-state index contributed by atoms with van der Waals surface area (Å²) in [6.07, 6.45) is 0. The predicted molar refractivity (Wildman–Crippen MR) is 81.6 cm³/mol. The highest BCUT2D eigenvalue weighted by molar-refractivity contribution is 5.62. The molecule has 0 unspecified atom stereocenters. The number of halogens is 2. The van der Waals surface area contributed by atoms with Crippen LogP contribution >= 0.6 is 0 Å². The highest BCUT2D eigenvalue weighted by Gasteiger charge is 2.16. The number of rotatable bonds is 4. The maximum absolute atomic E-state index is 13.5. The van der Waals surface area contributed by atoms with Crippen LogP contribution < -0.4 is 0 Å². The van der Waals surface area contributed by atoms with E-state index in [2.05, 4.69) is 10.3 Å². The van der Waals surface area contributed by atoms with E-state index < -0.39 is 11.6 Å². The number of aromatic nitrogens is 3. The van der Waals surface area contributed by atoms with Crippen molar-refractivity contribution in [2.24, 2.45) is 0 Å². The van der Waals surface area contributed by atoms with Crippen molar-refractivity contribution in [3.63, 3.8) is 0 Å². The van der Waals surface area contributed by atoms with Gasteiger partial charge in [-0.15, -0.1) is 5.10 Å². The molecule has 0 saturated carbocycles. The number of hydrogen-bond donors (Lipinski definition) is 1. The van der Waals surface area contributed by atoms with Crippen LogP contribution in [-0.2, 0) is 13.2 Å². The Labute approximate surface area is 132 Å². The quantitative estimate of drug-likeness (QED) is 0.805. The summed E-state index contributed by atoms with van der Waals surface area (Å²) in [4.78, 5) is 0. The van der Waals surface area contributed by atoms with Gasteiger partial charge in [-0.25, -0.2) is 13.5 Å². The molecule has 1 aromatic heterocycles. The molecule has 0 aliphatic carbocycles. The summed E-state index contributed by atoms with van der Waals surface area (Å²) in [5.74, 6) is -1.87. The minimum atomic E-state index is -0.950. The van der Waals surface area contributed by atoms with Crippen LogP contribution in [0, 0.1) is 18.6 Å². The monoisotopic (exact) mass is 315 g/mol. The molecule has 118 valence electrons. The summed E-state index contributed by atoms with van der Waals surface area (Å²) < 4.78 is 28.2. The highest BCUT2D eigenvalue weighted by atomic mass is 19.2. The average molecular weight is 315 g/mol. The molecule has 3 aromatic rings. The van der Waals surface area contributed by atoms with Gasteiger partial charge < -0.3 is 5.11 Å². The minimum Gasteiger partial charge on any atom is -0.390 e. The van der Waals surface area contributed by atoms with E-state index in [0.717, 1.165) is 23.3 Å². The normalized spacial score (nSPS) is 11.0. The number of benzene rings is 2. The average Bonchev–Trinajstić information content (AvgIpc) is 2.95. The zero-order valence-corrected chi connectivity index (χ0v) is 12.5. The van der Waals surface area contributed by atoms with Crippen LogP contribution in [0.15, 0.2) is 42.5 Å². The van der Waals surface area contributed by atoms with Crippen molar-refractivity contribution in [2.75, 3.05) is 0 Å². The lowest BCUT2D eigenvalue weighted by Crippen LogP contribution is -2.05. The van der Waals surface area contributed by atoms with E-state index in [4.69, 9.17) is 0 Å². The largest absolute Gasteiger partial charge is 0.390 e. The molecule has 3 rings (SSSR count). The number of aliphatic hydroxyl groups is 1. The zero-order chi connectivity index (χ0) is 16.4. The highest BCUT2D eigenvalue weighted by Crippen LogP contribution is 2.25. The van der Waals surface area contributed by atoms with Gasteiger partial charge in [0, 0.05) is 5.56 Å². The first kappa shape index (κ1) is 15.3. The molecule has 2 aromatic carbocycles. The van der Waals surface area contributed by atoms with Crippen LogP contribution in [0.5, 0.6) is 0 Å². The molecule has 0 atom stereocenters. The Kier molecular flexibility index (Phi) is 4.16. The van der Waals surface area contributed by atoms with Gasteiger partial charge in [-0.3, -0.25) is 0 Å². The van der Waals surface area contributed by atoms with Gasteiger partial charge in [0.2, 0.25) is 0 Å². The number of aryl methyl sites for hydroxylation is 1. The van der Waals surface area contributed by atoms with Crippen molar-refractivity contribution in [1.82, 2.24) is 15.0 Å². The third-order valence-electron chi connectivity index (χ3n) is 3.60. The molecule has 0 aliphatic rings. The first-order valence-corrected chi connectivity index (χ1v) is 7.12. The second-order valence-electron chi connectivity index (χ2n) is 5.31. The molecule has 4 nitrogen and oxygen atoms in total. The van der Waals surface area contributed by atoms with E-state index in [1.54, 1.807) is 4.68 Å². The van der Waals surface area contributed by atoms with Gasteiger partial charge in [-0.1, -0.05) is 35.0 Å². The summed E-state index contributed by atoms with van der Waals surface area (Å²) in [6.45, 7) is 2.08. The Bertz CT molecular complexity index is 828. The SMILES string of the molecule is Cc1ccc(Cn2nnc(CO)c2-c2ccc(F)c(F)c2)cc1. The van der Waals surface area contributed by atoms with Crippen molar-refractivity contribution in [1.29, 1.82) is 0 Å². The summed E-state index contributed by atoms with van der Waals surface area (Å²) in [5.41, 5.74) is 3.36. The van der Waals surface area contributed by atoms with E-state index >= 15 is 0 Å². The molecule has 1 N–H and O–H groups in total. The molecule has 0 bridgehead atoms. The zero-order valence-electron chi connectivity index (χ0n) is 12.5. The maximum atomic E-state index is 13.5. The molecule has 0 aliphatic heterocycles. The maximum Gasteiger partial charge on any atom is 0.159 e. The molecule has 23 heavy (non-hydrogen) atoms. The fraction of sp³-hybridized carbons (Fsp3) is 0.176. The summed E-state index contributed by atoms with van der Waals surface area (Å²) in [7, 11) is 0. The number of hydrogen-bond acceptors (Lipinski definition) is 3. The van der Waals surface area contributed by atoms with Crippen molar-refractivity contribution in [3.05, 3.63) is 70.9 Å². The molecule has 0 fully saturated rings. The standard InChI is InChI=1S/C17H15F2N3O/c1-11-2-4-12(5-3-11)9-22-17(16(10-23)20-21-22)13-6-7-14(18)15(19)8-13/h2-8,23H,9-10H2,1H3. The molecule has 1 heterocycles. The van der Waals surface area contributed by atoms with Gasteiger partial charge in [0.05, 0.1) is 18.8 Å². The van der Waals surface area contributed by atoms with E-state index in [1.165, 1.54) is 6.07 Å². The van der Waals surface area contributed by atoms with E-state index in [9.17, 15) is 13.9 Å². The van der Waals surface area contributed by atoms with Crippen LogP contribution in [0.1, 0.15) is 16.8 Å². The summed E-state index contributed by atoms with van der Waals surface area (Å²) in [5, 5.41) is 17.4. The van der Waals surface area contributed by atoms with Gasteiger partial charge in [0.25, 0.3) is 0 Å². The molecular weight excluding hydrogens is 300 g/mol. The van der Waals surface area contributed by atoms with Gasteiger partial charge in [-0.2, -0.15) is 0 Å². The smallest absolute Gasteiger partial charge is 0.159 e. The van der Waals surface area contributed by atoms with Gasteiger partial charge in [0.1, 0.15) is 5.69 Å². The third-order valence-corrected chi connectivity index (χ3v) is 3.60. The first-order chi connectivity index (χ1) is 11.1. The van der Waals surface area contributed by atoms with Crippen LogP contribution in [0.3, 0.4) is 0 Å². The Morgan fingerprint density at radius 3 is 2.43 bits per heavy atom. The van der Waals surface area contributed by atoms with Crippen LogP contribution in [0.4, 0.5) is 8.78 Å². The lowest BCUT2D eigenvalue weighted by atomic mass is 10.1. The lowest BCUT2D eigenvalue weighted by molar-refractivity contribution is 0.277. The number of nitrogens with zero attached hydrogens (tertiary/aromatic N) is 3. The molecule has 0 amide bonds. The van der Waals surface area contributed by atoms with Crippen molar-refractivity contribution in [3.8, 4) is 11.3 Å². The van der Waals surface area contributed by atoms with Gasteiger partial charge in [0.15, 0.2) is 11.6 Å². The molecular formula is C17H15F2N3O. The van der Waals surface area contributed by atoms with Gasteiger partial charge in [-0.05, 0) is 30.7 Å². The minimum absolute atomic E-state index is 0.322. The van der Waals surface area contributed by atoms with E-state index in [1.807, 2.05) is 31.2 Å². The lowest BCUT2D eigenvalue weighted by Gasteiger charge is -2.09. The summed E-state index contributed by atoms with van der Waals surface area (Å²) >= 11 is 0. The molecule has 0 saturated heterocycles. The Balaban J connectivity index is 2.03. The van der Waals surface area contributed by atoms with Gasteiger partial charge >= 0.3 is 0 Å². The fourth-order valence-corrected chi connectivity index (χ4v) is 2.39. The van der Waals surface area contributed by atoms with Crippen molar-refractivity contribution < 1.29 is 13.9 Å². The van der Waals surface area contributed by atoms with Crippen LogP contribution in [0.2, 0.25) is 0 Å². The first-order valence-electron chi connectivity index (χ1n) is 7.12.